The van der Waals surface area contributed by atoms with E-state index in [1.807, 2.05) is 0 Å². The summed E-state index contributed by atoms with van der Waals surface area (Å²) >= 11 is 1.73. The maximum Gasteiger partial charge on any atom is 0.191 e. The van der Waals surface area contributed by atoms with E-state index in [0.29, 0.717) is 12.5 Å². The summed E-state index contributed by atoms with van der Waals surface area (Å²) in [5, 5.41) is 10.1. The Bertz CT molecular complexity index is 537. The summed E-state index contributed by atoms with van der Waals surface area (Å²) in [6.07, 6.45) is 8.77. The van der Waals surface area contributed by atoms with Crippen LogP contribution < -0.4 is 10.6 Å². The lowest BCUT2D eigenvalue weighted by Crippen LogP contribution is -2.37. The first-order valence-electron chi connectivity index (χ1n) is 8.83. The number of halogens is 1. The average molecular weight is 462 g/mol. The molecule has 24 heavy (non-hydrogen) atoms. The minimum Gasteiger partial charge on any atom is -0.357 e. The Morgan fingerprint density at radius 3 is 2.79 bits per heavy atom. The topological polar surface area (TPSA) is 49.3 Å². The number of hydrogen-bond acceptors (Lipinski definition) is 3. The highest BCUT2D eigenvalue weighted by Gasteiger charge is 2.06. The van der Waals surface area contributed by atoms with Crippen LogP contribution in [-0.4, -0.2) is 24.0 Å². The monoisotopic (exact) mass is 462 g/mol. The van der Waals surface area contributed by atoms with Crippen molar-refractivity contribution in [3.8, 4) is 0 Å². The van der Waals surface area contributed by atoms with Gasteiger partial charge in [0.25, 0.3) is 0 Å². The first-order chi connectivity index (χ1) is 11.2. The van der Waals surface area contributed by atoms with E-state index in [0.717, 1.165) is 31.2 Å². The van der Waals surface area contributed by atoms with Crippen molar-refractivity contribution >= 4 is 41.3 Å². The fourth-order valence-electron chi connectivity index (χ4n) is 2.64. The molecule has 1 heterocycles. The molecule has 0 bridgehead atoms. The molecule has 6 heteroatoms. The van der Waals surface area contributed by atoms with Gasteiger partial charge in [-0.3, -0.25) is 0 Å². The lowest BCUT2D eigenvalue weighted by molar-refractivity contribution is 0.665. The molecule has 4 nitrogen and oxygen atoms in total. The van der Waals surface area contributed by atoms with Crippen LogP contribution in [0.3, 0.4) is 0 Å². The third-order valence-corrected chi connectivity index (χ3v) is 5.12. The van der Waals surface area contributed by atoms with Crippen molar-refractivity contribution in [1.29, 1.82) is 0 Å². The first kappa shape index (κ1) is 21.4. The predicted molar refractivity (Wildman–Crippen MR) is 116 cm³/mol. The van der Waals surface area contributed by atoms with E-state index in [1.165, 1.54) is 30.7 Å². The quantitative estimate of drug-likeness (QED) is 0.264. The smallest absolute Gasteiger partial charge is 0.191 e. The van der Waals surface area contributed by atoms with Gasteiger partial charge in [0.1, 0.15) is 0 Å². The molecule has 0 fully saturated rings. The van der Waals surface area contributed by atoms with Crippen molar-refractivity contribution in [2.45, 2.75) is 65.3 Å². The highest BCUT2D eigenvalue weighted by molar-refractivity contribution is 14.0. The van der Waals surface area contributed by atoms with Gasteiger partial charge in [-0.25, -0.2) is 9.98 Å². The Morgan fingerprint density at radius 1 is 1.33 bits per heavy atom. The normalized spacial score (nSPS) is 15.0. The molecular formula is C18H31IN4S. The summed E-state index contributed by atoms with van der Waals surface area (Å²) in [6, 6.07) is 0. The third-order valence-electron chi connectivity index (χ3n) is 3.93. The Hall–Kier alpha value is -0.630. The molecule has 2 N–H and O–H groups in total. The summed E-state index contributed by atoms with van der Waals surface area (Å²) < 4.78 is 0. The van der Waals surface area contributed by atoms with E-state index in [2.05, 4.69) is 52.8 Å². The van der Waals surface area contributed by atoms with E-state index in [4.69, 9.17) is 0 Å². The Kier molecular flexibility index (Phi) is 10.6. The number of thiazole rings is 1. The Balaban J connectivity index is 0.00000288. The first-order valence-corrected chi connectivity index (χ1v) is 9.71. The number of guanidine groups is 1. The minimum absolute atomic E-state index is 0. The second-order valence-electron chi connectivity index (χ2n) is 6.31. The van der Waals surface area contributed by atoms with Gasteiger partial charge in [0, 0.05) is 24.4 Å². The summed E-state index contributed by atoms with van der Waals surface area (Å²) in [5.74, 6) is 1.39. The number of rotatable bonds is 7. The van der Waals surface area contributed by atoms with Crippen LogP contribution in [0.15, 0.2) is 22.0 Å². The van der Waals surface area contributed by atoms with Gasteiger partial charge >= 0.3 is 0 Å². The van der Waals surface area contributed by atoms with Crippen LogP contribution >= 0.6 is 35.3 Å². The van der Waals surface area contributed by atoms with Crippen LogP contribution in [0.4, 0.5) is 0 Å². The molecular weight excluding hydrogens is 431 g/mol. The fraction of sp³-hybridized carbons (Fsp3) is 0.667. The van der Waals surface area contributed by atoms with Crippen LogP contribution in [-0.2, 0) is 6.54 Å². The van der Waals surface area contributed by atoms with Gasteiger partial charge in [0.05, 0.1) is 17.2 Å². The van der Waals surface area contributed by atoms with Crippen molar-refractivity contribution < 1.29 is 0 Å². The zero-order valence-corrected chi connectivity index (χ0v) is 18.2. The lowest BCUT2D eigenvalue weighted by atomic mass is 9.97. The lowest BCUT2D eigenvalue weighted by Gasteiger charge is -2.15. The van der Waals surface area contributed by atoms with E-state index >= 15 is 0 Å². The van der Waals surface area contributed by atoms with Crippen molar-refractivity contribution in [2.24, 2.45) is 4.99 Å². The van der Waals surface area contributed by atoms with E-state index < -0.39 is 0 Å². The Labute approximate surface area is 167 Å². The van der Waals surface area contributed by atoms with Crippen molar-refractivity contribution in [2.75, 3.05) is 13.1 Å². The highest BCUT2D eigenvalue weighted by atomic mass is 127. The third kappa shape index (κ3) is 7.51. The Morgan fingerprint density at radius 2 is 2.17 bits per heavy atom. The van der Waals surface area contributed by atoms with Crippen LogP contribution in [0.2, 0.25) is 0 Å². The summed E-state index contributed by atoms with van der Waals surface area (Å²) in [6.45, 7) is 8.92. The standard InChI is InChI=1S/C18H30N4S.HI/c1-4-19-18(20-11-10-15-8-6-5-7-9-15)21-12-16-13-23-17(22-16)14(2)3;/h8,13-14H,4-7,9-12H2,1-3H3,(H2,19,20,21);1H. The number of nitrogens with zero attached hydrogens (tertiary/aromatic N) is 2. The SMILES string of the molecule is CCNC(=NCc1csc(C(C)C)n1)NCCC1=CCCCC1.I. The molecule has 2 rings (SSSR count). The predicted octanol–water partition coefficient (Wildman–Crippen LogP) is 4.83. The largest absolute Gasteiger partial charge is 0.357 e. The molecule has 0 amide bonds. The zero-order valence-electron chi connectivity index (χ0n) is 15.1. The number of allylic oxidation sites excluding steroid dienone is 1. The van der Waals surface area contributed by atoms with Crippen LogP contribution in [0.25, 0.3) is 0 Å². The maximum absolute atomic E-state index is 4.66. The molecule has 1 aromatic heterocycles. The van der Waals surface area contributed by atoms with E-state index in [-0.39, 0.29) is 24.0 Å². The molecule has 0 aliphatic heterocycles. The molecule has 0 aromatic carbocycles. The summed E-state index contributed by atoms with van der Waals surface area (Å²) in [5.41, 5.74) is 2.66. The van der Waals surface area contributed by atoms with Gasteiger partial charge in [0.2, 0.25) is 0 Å². The molecule has 0 saturated carbocycles. The van der Waals surface area contributed by atoms with Gasteiger partial charge in [-0.2, -0.15) is 0 Å². The van der Waals surface area contributed by atoms with Gasteiger partial charge in [-0.15, -0.1) is 35.3 Å². The number of aromatic nitrogens is 1. The van der Waals surface area contributed by atoms with Gasteiger partial charge in [-0.05, 0) is 39.0 Å². The van der Waals surface area contributed by atoms with E-state index in [9.17, 15) is 0 Å². The van der Waals surface area contributed by atoms with Crippen molar-refractivity contribution in [3.05, 3.63) is 27.7 Å². The minimum atomic E-state index is 0. The summed E-state index contributed by atoms with van der Waals surface area (Å²) in [4.78, 5) is 9.30. The molecule has 0 atom stereocenters. The molecule has 0 saturated heterocycles. The van der Waals surface area contributed by atoms with Gasteiger partial charge < -0.3 is 10.6 Å². The van der Waals surface area contributed by atoms with E-state index in [1.54, 1.807) is 16.9 Å². The van der Waals surface area contributed by atoms with Crippen LogP contribution in [0.1, 0.15) is 69.5 Å². The molecule has 1 aliphatic carbocycles. The molecule has 1 aromatic rings. The van der Waals surface area contributed by atoms with Crippen LogP contribution in [0, 0.1) is 0 Å². The molecule has 1 aliphatic rings. The zero-order chi connectivity index (χ0) is 16.5. The second-order valence-corrected chi connectivity index (χ2v) is 7.20. The molecule has 136 valence electrons. The molecule has 0 spiro atoms. The number of nitrogens with one attached hydrogen (secondary N) is 2. The maximum atomic E-state index is 4.66. The molecule has 0 unspecified atom stereocenters. The van der Waals surface area contributed by atoms with Crippen molar-refractivity contribution in [3.63, 3.8) is 0 Å². The average Bonchev–Trinajstić information content (AvgIpc) is 3.03. The fourth-order valence-corrected chi connectivity index (χ4v) is 3.46. The highest BCUT2D eigenvalue weighted by Crippen LogP contribution is 2.20. The number of aliphatic imine (C=N–C) groups is 1. The van der Waals surface area contributed by atoms with Crippen molar-refractivity contribution in [1.82, 2.24) is 15.6 Å². The van der Waals surface area contributed by atoms with Gasteiger partial charge in [0.15, 0.2) is 5.96 Å². The van der Waals surface area contributed by atoms with Gasteiger partial charge in [-0.1, -0.05) is 25.5 Å². The summed E-state index contributed by atoms with van der Waals surface area (Å²) in [7, 11) is 0. The number of hydrogen-bond donors (Lipinski definition) is 2. The van der Waals surface area contributed by atoms with Crippen LogP contribution in [0.5, 0.6) is 0 Å². The second kappa shape index (κ2) is 11.8. The molecule has 0 radical (unpaired) electrons.